The lowest BCUT2D eigenvalue weighted by molar-refractivity contribution is 0.588. The second-order valence-electron chi connectivity index (χ2n) is 5.38. The van der Waals surface area contributed by atoms with Crippen LogP contribution in [0.25, 0.3) is 10.2 Å². The Morgan fingerprint density at radius 2 is 2.29 bits per heavy atom. The van der Waals surface area contributed by atoms with Gasteiger partial charge in [-0.2, -0.15) is 0 Å². The van der Waals surface area contributed by atoms with E-state index < -0.39 is 0 Å². The Kier molecular flexibility index (Phi) is 3.90. The lowest BCUT2D eigenvalue weighted by Crippen LogP contribution is -2.21. The van der Waals surface area contributed by atoms with E-state index in [-0.39, 0.29) is 5.56 Å². The van der Waals surface area contributed by atoms with Crippen LogP contribution in [0.15, 0.2) is 34.7 Å². The van der Waals surface area contributed by atoms with E-state index in [1.807, 2.05) is 22.2 Å². The summed E-state index contributed by atoms with van der Waals surface area (Å²) in [4.78, 5) is 19.3. The van der Waals surface area contributed by atoms with Crippen molar-refractivity contribution in [1.82, 2.24) is 19.9 Å². The van der Waals surface area contributed by atoms with E-state index in [4.69, 9.17) is 0 Å². The number of thiophene rings is 1. The Hall–Kier alpha value is -1.92. The van der Waals surface area contributed by atoms with E-state index in [1.54, 1.807) is 0 Å². The van der Waals surface area contributed by atoms with Crippen LogP contribution < -0.4 is 10.9 Å². The van der Waals surface area contributed by atoms with Crippen LogP contribution in [0.4, 0.5) is 0 Å². The minimum absolute atomic E-state index is 0.0566. The van der Waals surface area contributed by atoms with Crippen LogP contribution in [0.3, 0.4) is 0 Å². The Balaban J connectivity index is 1.77. The monoisotopic (exact) mass is 302 g/mol. The minimum Gasteiger partial charge on any atom is -0.346 e. The third kappa shape index (κ3) is 3.22. The van der Waals surface area contributed by atoms with Crippen molar-refractivity contribution in [3.63, 3.8) is 0 Å². The van der Waals surface area contributed by atoms with Gasteiger partial charge in [-0.3, -0.25) is 4.79 Å². The Labute approximate surface area is 126 Å². The van der Waals surface area contributed by atoms with Gasteiger partial charge in [0, 0.05) is 25.0 Å². The van der Waals surface area contributed by atoms with Crippen molar-refractivity contribution in [3.05, 3.63) is 51.6 Å². The van der Waals surface area contributed by atoms with Gasteiger partial charge in [-0.1, -0.05) is 13.8 Å². The predicted octanol–water partition coefficient (Wildman–Crippen LogP) is 2.33. The Morgan fingerprint density at radius 3 is 3.10 bits per heavy atom. The van der Waals surface area contributed by atoms with Gasteiger partial charge in [-0.25, -0.2) is 4.98 Å². The van der Waals surface area contributed by atoms with Crippen molar-refractivity contribution in [2.24, 2.45) is 0 Å². The third-order valence-electron chi connectivity index (χ3n) is 3.22. The van der Waals surface area contributed by atoms with Crippen LogP contribution in [0.1, 0.15) is 25.2 Å². The Bertz CT molecular complexity index is 799. The molecule has 110 valence electrons. The third-order valence-corrected chi connectivity index (χ3v) is 4.12. The molecule has 0 amide bonds. The lowest BCUT2D eigenvalue weighted by Gasteiger charge is -2.06. The standard InChI is InChI=1S/C15H18N4OS/c1-10(2)16-7-11-3-5-19(8-11)9-13-17-12-4-6-21-14(12)15(20)18-13/h3-6,8,10,16H,7,9H2,1-2H3,(H,17,18,20). The quantitative estimate of drug-likeness (QED) is 0.760. The highest BCUT2D eigenvalue weighted by Crippen LogP contribution is 2.14. The molecule has 0 fully saturated rings. The van der Waals surface area contributed by atoms with Gasteiger partial charge in [-0.15, -0.1) is 11.3 Å². The van der Waals surface area contributed by atoms with Crippen LogP contribution in [-0.4, -0.2) is 20.6 Å². The number of hydrogen-bond acceptors (Lipinski definition) is 4. The second-order valence-corrected chi connectivity index (χ2v) is 6.29. The first-order chi connectivity index (χ1) is 10.1. The molecule has 0 aliphatic rings. The molecular weight excluding hydrogens is 284 g/mol. The first kappa shape index (κ1) is 14.0. The average molecular weight is 302 g/mol. The molecule has 6 heteroatoms. The molecule has 0 aliphatic carbocycles. The first-order valence-corrected chi connectivity index (χ1v) is 7.84. The molecule has 3 aromatic rings. The molecule has 5 nitrogen and oxygen atoms in total. The number of hydrogen-bond donors (Lipinski definition) is 2. The summed E-state index contributed by atoms with van der Waals surface area (Å²) in [6.45, 7) is 5.67. The molecule has 0 bridgehead atoms. The molecule has 2 N–H and O–H groups in total. The van der Waals surface area contributed by atoms with E-state index in [9.17, 15) is 4.79 Å². The summed E-state index contributed by atoms with van der Waals surface area (Å²) in [5.41, 5.74) is 1.94. The zero-order valence-corrected chi connectivity index (χ0v) is 12.9. The normalized spacial score (nSPS) is 11.6. The van der Waals surface area contributed by atoms with E-state index in [0.717, 1.165) is 12.1 Å². The van der Waals surface area contributed by atoms with Gasteiger partial charge in [-0.05, 0) is 23.1 Å². The fourth-order valence-electron chi connectivity index (χ4n) is 2.18. The summed E-state index contributed by atoms with van der Waals surface area (Å²) < 4.78 is 2.72. The number of nitrogens with one attached hydrogen (secondary N) is 2. The molecule has 3 aromatic heterocycles. The summed E-state index contributed by atoms with van der Waals surface area (Å²) in [5.74, 6) is 0.685. The molecule has 0 saturated heterocycles. The van der Waals surface area contributed by atoms with Crippen molar-refractivity contribution in [3.8, 4) is 0 Å². The van der Waals surface area contributed by atoms with Gasteiger partial charge < -0.3 is 14.9 Å². The summed E-state index contributed by atoms with van der Waals surface area (Å²) in [5, 5.41) is 5.27. The van der Waals surface area contributed by atoms with Crippen LogP contribution in [-0.2, 0) is 13.1 Å². The van der Waals surface area contributed by atoms with E-state index in [1.165, 1.54) is 16.9 Å². The molecular formula is C15H18N4OS. The molecule has 0 unspecified atom stereocenters. The number of nitrogens with zero attached hydrogens (tertiary/aromatic N) is 2. The maximum Gasteiger partial charge on any atom is 0.268 e. The Morgan fingerprint density at radius 1 is 1.43 bits per heavy atom. The predicted molar refractivity (Wildman–Crippen MR) is 85.8 cm³/mol. The van der Waals surface area contributed by atoms with Crippen LogP contribution in [0, 0.1) is 0 Å². The van der Waals surface area contributed by atoms with E-state index >= 15 is 0 Å². The fourth-order valence-corrected chi connectivity index (χ4v) is 2.91. The van der Waals surface area contributed by atoms with Crippen molar-refractivity contribution >= 4 is 21.6 Å². The highest BCUT2D eigenvalue weighted by molar-refractivity contribution is 7.17. The number of aromatic nitrogens is 3. The second kappa shape index (κ2) is 5.83. The van der Waals surface area contributed by atoms with Gasteiger partial charge in [0.05, 0.1) is 12.1 Å². The van der Waals surface area contributed by atoms with Gasteiger partial charge in [0.1, 0.15) is 10.5 Å². The molecule has 0 aliphatic heterocycles. The summed E-state index contributed by atoms with van der Waals surface area (Å²) >= 11 is 1.42. The molecule has 3 heterocycles. The van der Waals surface area contributed by atoms with Gasteiger partial charge in [0.25, 0.3) is 5.56 Å². The smallest absolute Gasteiger partial charge is 0.268 e. The van der Waals surface area contributed by atoms with Gasteiger partial charge in [0.15, 0.2) is 0 Å². The summed E-state index contributed by atoms with van der Waals surface area (Å²) in [6.07, 6.45) is 4.09. The van der Waals surface area contributed by atoms with Crippen molar-refractivity contribution in [2.45, 2.75) is 33.0 Å². The van der Waals surface area contributed by atoms with Gasteiger partial charge >= 0.3 is 0 Å². The topological polar surface area (TPSA) is 62.7 Å². The molecule has 0 atom stereocenters. The van der Waals surface area contributed by atoms with Crippen molar-refractivity contribution in [1.29, 1.82) is 0 Å². The molecule has 21 heavy (non-hydrogen) atoms. The zero-order valence-electron chi connectivity index (χ0n) is 12.1. The van der Waals surface area contributed by atoms with Crippen molar-refractivity contribution in [2.75, 3.05) is 0 Å². The minimum atomic E-state index is -0.0566. The van der Waals surface area contributed by atoms with Crippen LogP contribution in [0.2, 0.25) is 0 Å². The average Bonchev–Trinajstić information content (AvgIpc) is 3.05. The van der Waals surface area contributed by atoms with Crippen molar-refractivity contribution < 1.29 is 0 Å². The highest BCUT2D eigenvalue weighted by Gasteiger charge is 2.06. The van der Waals surface area contributed by atoms with Crippen LogP contribution in [0.5, 0.6) is 0 Å². The molecule has 3 rings (SSSR count). The number of aromatic amines is 1. The van der Waals surface area contributed by atoms with Gasteiger partial charge in [0.2, 0.25) is 0 Å². The van der Waals surface area contributed by atoms with E-state index in [2.05, 4.69) is 41.4 Å². The highest BCUT2D eigenvalue weighted by atomic mass is 32.1. The van der Waals surface area contributed by atoms with Crippen LogP contribution >= 0.6 is 11.3 Å². The molecule has 0 spiro atoms. The molecule has 0 aromatic carbocycles. The SMILES string of the molecule is CC(C)NCc1ccn(Cc2nc3ccsc3c(=O)[nH]2)c1. The fraction of sp³-hybridized carbons (Fsp3) is 0.333. The number of fused-ring (bicyclic) bond motifs is 1. The summed E-state index contributed by atoms with van der Waals surface area (Å²) in [6, 6.07) is 4.43. The number of H-pyrrole nitrogens is 1. The summed E-state index contributed by atoms with van der Waals surface area (Å²) in [7, 11) is 0. The number of rotatable bonds is 5. The maximum atomic E-state index is 11.9. The maximum absolute atomic E-state index is 11.9. The molecule has 0 saturated carbocycles. The zero-order chi connectivity index (χ0) is 14.8. The largest absolute Gasteiger partial charge is 0.346 e. The molecule has 0 radical (unpaired) electrons. The van der Waals surface area contributed by atoms with E-state index in [0.29, 0.717) is 23.1 Å². The first-order valence-electron chi connectivity index (χ1n) is 6.96. The lowest BCUT2D eigenvalue weighted by atomic mass is 10.3.